The van der Waals surface area contributed by atoms with Gasteiger partial charge in [0.25, 0.3) is 5.91 Å². The summed E-state index contributed by atoms with van der Waals surface area (Å²) in [6.45, 7) is 0.959. The van der Waals surface area contributed by atoms with Gasteiger partial charge in [-0.15, -0.1) is 0 Å². The van der Waals surface area contributed by atoms with Gasteiger partial charge in [0.15, 0.2) is 6.10 Å². The number of aromatic nitrogens is 1. The molecule has 1 aromatic heterocycles. The molecule has 2 N–H and O–H groups in total. The normalized spacial score (nSPS) is 13.0. The molecule has 1 atom stereocenters. The molecule has 0 aliphatic heterocycles. The number of carbonyl (C=O) groups excluding carboxylic acids is 1. The summed E-state index contributed by atoms with van der Waals surface area (Å²) in [5, 5.41) is 14.4. The van der Waals surface area contributed by atoms with Gasteiger partial charge in [-0.2, -0.15) is 13.2 Å². The number of aryl methyl sites for hydroxylation is 1. The molecule has 118 valence electrons. The molecule has 0 spiro atoms. The minimum atomic E-state index is -4.79. The smallest absolute Gasteiger partial charge is 0.382 e. The molecule has 8 heteroatoms. The molecule has 0 aliphatic rings. The minimum absolute atomic E-state index is 0.232. The second-order valence-electron chi connectivity index (χ2n) is 4.71. The van der Waals surface area contributed by atoms with Crippen molar-refractivity contribution in [3.63, 3.8) is 0 Å². The van der Waals surface area contributed by atoms with E-state index >= 15 is 0 Å². The van der Waals surface area contributed by atoms with Crippen molar-refractivity contribution in [2.75, 3.05) is 6.54 Å². The Labute approximate surface area is 123 Å². The maximum atomic E-state index is 12.1. The Morgan fingerprint density at radius 1 is 1.36 bits per heavy atom. The summed E-state index contributed by atoms with van der Waals surface area (Å²) in [4.78, 5) is 11.7. The van der Waals surface area contributed by atoms with Crippen LogP contribution in [0.5, 0.6) is 0 Å². The zero-order valence-electron chi connectivity index (χ0n) is 11.5. The van der Waals surface area contributed by atoms with E-state index in [2.05, 4.69) is 5.16 Å². The highest BCUT2D eigenvalue weighted by Crippen LogP contribution is 2.21. The summed E-state index contributed by atoms with van der Waals surface area (Å²) in [5.41, 5.74) is 2.15. The molecule has 0 aliphatic carbocycles. The molecular formula is C14H13F3N2O3. The lowest BCUT2D eigenvalue weighted by Gasteiger charge is -2.14. The van der Waals surface area contributed by atoms with Crippen LogP contribution in [0.25, 0.3) is 11.3 Å². The van der Waals surface area contributed by atoms with Crippen molar-refractivity contribution < 1.29 is 27.6 Å². The van der Waals surface area contributed by atoms with E-state index in [1.807, 2.05) is 24.4 Å². The van der Waals surface area contributed by atoms with E-state index in [-0.39, 0.29) is 5.76 Å². The van der Waals surface area contributed by atoms with Crippen LogP contribution in [-0.4, -0.2) is 35.0 Å². The van der Waals surface area contributed by atoms with E-state index in [0.29, 0.717) is 11.3 Å². The standard InChI is InChI=1S/C14H13F3N2O3/c1-8-2-4-9(5-3-8)10-6-11(22-19-10)13(21)18-7-12(20)14(15,16)17/h2-6,12,20H,7H2,1H3,(H,18,21). The SMILES string of the molecule is Cc1ccc(-c2cc(C(=O)NCC(O)C(F)(F)F)on2)cc1. The Bertz CT molecular complexity index is 650. The first-order valence-electron chi connectivity index (χ1n) is 6.34. The molecule has 0 fully saturated rings. The van der Waals surface area contributed by atoms with Gasteiger partial charge < -0.3 is 14.9 Å². The summed E-state index contributed by atoms with van der Waals surface area (Å²) >= 11 is 0. The third kappa shape index (κ3) is 3.85. The van der Waals surface area contributed by atoms with Gasteiger partial charge in [-0.1, -0.05) is 35.0 Å². The molecule has 1 heterocycles. The van der Waals surface area contributed by atoms with Gasteiger partial charge in [-0.25, -0.2) is 0 Å². The molecule has 1 amide bonds. The molecule has 1 aromatic carbocycles. The molecule has 2 rings (SSSR count). The van der Waals surface area contributed by atoms with Crippen LogP contribution in [0.15, 0.2) is 34.9 Å². The fourth-order valence-electron chi connectivity index (χ4n) is 1.63. The Kier molecular flexibility index (Phi) is 4.51. The molecule has 2 aromatic rings. The number of halogens is 3. The van der Waals surface area contributed by atoms with Crippen LogP contribution < -0.4 is 5.32 Å². The van der Waals surface area contributed by atoms with Crippen LogP contribution in [0, 0.1) is 6.92 Å². The van der Waals surface area contributed by atoms with E-state index in [1.54, 1.807) is 12.1 Å². The first-order valence-corrected chi connectivity index (χ1v) is 6.34. The molecule has 0 saturated heterocycles. The predicted octanol–water partition coefficient (Wildman–Crippen LogP) is 2.30. The number of alkyl halides is 3. The Morgan fingerprint density at radius 2 is 2.00 bits per heavy atom. The molecule has 5 nitrogen and oxygen atoms in total. The molecule has 0 radical (unpaired) electrons. The van der Waals surface area contributed by atoms with Crippen LogP contribution >= 0.6 is 0 Å². The van der Waals surface area contributed by atoms with Gasteiger partial charge >= 0.3 is 6.18 Å². The second-order valence-corrected chi connectivity index (χ2v) is 4.71. The zero-order chi connectivity index (χ0) is 16.3. The fraction of sp³-hybridized carbons (Fsp3) is 0.286. The maximum absolute atomic E-state index is 12.1. The molecule has 22 heavy (non-hydrogen) atoms. The average molecular weight is 314 g/mol. The third-order valence-electron chi connectivity index (χ3n) is 2.92. The molecule has 0 bridgehead atoms. The predicted molar refractivity (Wildman–Crippen MR) is 71.1 cm³/mol. The maximum Gasteiger partial charge on any atom is 0.416 e. The first kappa shape index (κ1) is 16.0. The van der Waals surface area contributed by atoms with E-state index in [9.17, 15) is 18.0 Å². The number of hydrogen-bond donors (Lipinski definition) is 2. The number of rotatable bonds is 4. The van der Waals surface area contributed by atoms with Crippen LogP contribution in [0.1, 0.15) is 16.1 Å². The van der Waals surface area contributed by atoms with Gasteiger partial charge in [0.05, 0.1) is 6.54 Å². The van der Waals surface area contributed by atoms with Gasteiger partial charge in [0.1, 0.15) is 5.69 Å². The van der Waals surface area contributed by atoms with Crippen molar-refractivity contribution in [1.29, 1.82) is 0 Å². The number of nitrogens with one attached hydrogen (secondary N) is 1. The Hall–Kier alpha value is -2.35. The number of aliphatic hydroxyl groups excluding tert-OH is 1. The van der Waals surface area contributed by atoms with Gasteiger partial charge in [0.2, 0.25) is 5.76 Å². The highest BCUT2D eigenvalue weighted by Gasteiger charge is 2.38. The van der Waals surface area contributed by atoms with E-state index in [4.69, 9.17) is 9.63 Å². The number of hydrogen-bond acceptors (Lipinski definition) is 4. The highest BCUT2D eigenvalue weighted by molar-refractivity contribution is 5.92. The van der Waals surface area contributed by atoms with E-state index < -0.39 is 24.7 Å². The van der Waals surface area contributed by atoms with E-state index in [0.717, 1.165) is 5.56 Å². The average Bonchev–Trinajstić information content (AvgIpc) is 2.94. The number of amides is 1. The van der Waals surface area contributed by atoms with Crippen molar-refractivity contribution in [3.8, 4) is 11.3 Å². The summed E-state index contributed by atoms with van der Waals surface area (Å²) in [5.74, 6) is -1.11. The second kappa shape index (κ2) is 6.18. The van der Waals surface area contributed by atoms with Crippen LogP contribution in [0.2, 0.25) is 0 Å². The zero-order valence-corrected chi connectivity index (χ0v) is 11.5. The lowest BCUT2D eigenvalue weighted by Crippen LogP contribution is -2.40. The molecular weight excluding hydrogens is 301 g/mol. The van der Waals surface area contributed by atoms with Crippen LogP contribution in [0.4, 0.5) is 13.2 Å². The highest BCUT2D eigenvalue weighted by atomic mass is 19.4. The quantitative estimate of drug-likeness (QED) is 0.908. The summed E-state index contributed by atoms with van der Waals surface area (Å²) in [6, 6.07) is 8.58. The topological polar surface area (TPSA) is 75.4 Å². The minimum Gasteiger partial charge on any atom is -0.382 e. The van der Waals surface area contributed by atoms with Crippen molar-refractivity contribution in [3.05, 3.63) is 41.7 Å². The van der Waals surface area contributed by atoms with Crippen molar-refractivity contribution >= 4 is 5.91 Å². The first-order chi connectivity index (χ1) is 10.3. The lowest BCUT2D eigenvalue weighted by molar-refractivity contribution is -0.201. The summed E-state index contributed by atoms with van der Waals surface area (Å²) in [6.07, 6.45) is -7.42. The monoisotopic (exact) mass is 314 g/mol. The van der Waals surface area contributed by atoms with Gasteiger partial charge in [-0.3, -0.25) is 4.79 Å². The number of carbonyl (C=O) groups is 1. The van der Waals surface area contributed by atoms with Crippen molar-refractivity contribution in [1.82, 2.24) is 10.5 Å². The number of nitrogens with zero attached hydrogens (tertiary/aromatic N) is 1. The number of benzene rings is 1. The van der Waals surface area contributed by atoms with Crippen molar-refractivity contribution in [2.45, 2.75) is 19.2 Å². The number of aliphatic hydroxyl groups is 1. The van der Waals surface area contributed by atoms with Gasteiger partial charge in [-0.05, 0) is 6.92 Å². The largest absolute Gasteiger partial charge is 0.416 e. The Balaban J connectivity index is 2.02. The molecule has 1 unspecified atom stereocenters. The molecule has 0 saturated carbocycles. The Morgan fingerprint density at radius 3 is 2.59 bits per heavy atom. The van der Waals surface area contributed by atoms with Gasteiger partial charge in [0, 0.05) is 11.6 Å². The van der Waals surface area contributed by atoms with E-state index in [1.165, 1.54) is 6.07 Å². The lowest BCUT2D eigenvalue weighted by atomic mass is 10.1. The van der Waals surface area contributed by atoms with Crippen LogP contribution in [0.3, 0.4) is 0 Å². The third-order valence-corrected chi connectivity index (χ3v) is 2.92. The van der Waals surface area contributed by atoms with Crippen molar-refractivity contribution in [2.24, 2.45) is 0 Å². The summed E-state index contributed by atoms with van der Waals surface area (Å²) < 4.78 is 41.2. The van der Waals surface area contributed by atoms with Crippen LogP contribution in [-0.2, 0) is 0 Å². The summed E-state index contributed by atoms with van der Waals surface area (Å²) in [7, 11) is 0. The fourth-order valence-corrected chi connectivity index (χ4v) is 1.63.